The number of carbonyl (C=O) groups excluding carboxylic acids is 1. The van der Waals surface area contributed by atoms with E-state index >= 15 is 0 Å². The van der Waals surface area contributed by atoms with Gasteiger partial charge in [0.25, 0.3) is 0 Å². The number of carbonyl (C=O) groups is 1. The molecule has 3 saturated heterocycles. The minimum atomic E-state index is -0.796. The maximum atomic E-state index is 12.2. The molecule has 3 aliphatic heterocycles. The molecule has 4 atom stereocenters. The second-order valence-corrected chi connectivity index (χ2v) is 9.33. The molecule has 0 aliphatic carbocycles. The minimum absolute atomic E-state index is 0.192. The third-order valence-electron chi connectivity index (χ3n) is 6.14. The lowest BCUT2D eigenvalue weighted by atomic mass is 10.1. The number of fused-ring (bicyclic) bond motifs is 2. The predicted octanol–water partition coefficient (Wildman–Crippen LogP) is 3.77. The molecule has 1 N–H and O–H groups in total. The van der Waals surface area contributed by atoms with Crippen LogP contribution in [-0.2, 0) is 14.2 Å². The Morgan fingerprint density at radius 1 is 1.17 bits per heavy atom. The van der Waals surface area contributed by atoms with Crippen molar-refractivity contribution in [3.8, 4) is 0 Å². The Kier molecular flexibility index (Phi) is 5.04. The van der Waals surface area contributed by atoms with E-state index in [2.05, 4.69) is 4.90 Å². The van der Waals surface area contributed by atoms with E-state index < -0.39 is 30.3 Å². The Morgan fingerprint density at radius 3 is 2.50 bits per heavy atom. The third kappa shape index (κ3) is 3.06. The summed E-state index contributed by atoms with van der Waals surface area (Å²) in [5.41, 5.74) is 1.29. The largest absolute Gasteiger partial charge is 0.394 e. The van der Waals surface area contributed by atoms with Gasteiger partial charge < -0.3 is 24.2 Å². The van der Waals surface area contributed by atoms with Crippen LogP contribution in [0.15, 0.2) is 12.1 Å². The summed E-state index contributed by atoms with van der Waals surface area (Å²) in [6.45, 7) is 5.18. The van der Waals surface area contributed by atoms with Crippen molar-refractivity contribution in [2.24, 2.45) is 0 Å². The van der Waals surface area contributed by atoms with E-state index in [1.165, 1.54) is 0 Å². The van der Waals surface area contributed by atoms with Crippen LogP contribution in [0.25, 0.3) is 10.9 Å². The normalized spacial score (nSPS) is 30.4. The van der Waals surface area contributed by atoms with Gasteiger partial charge in [0.05, 0.1) is 27.7 Å². The van der Waals surface area contributed by atoms with E-state index in [-0.39, 0.29) is 6.61 Å². The molecule has 1 aromatic heterocycles. The van der Waals surface area contributed by atoms with Gasteiger partial charge in [0, 0.05) is 18.5 Å². The molecule has 0 saturated carbocycles. The Bertz CT molecular complexity index is 1000. The minimum Gasteiger partial charge on any atom is -0.394 e. The average Bonchev–Trinajstić information content (AvgIpc) is 3.44. The molecule has 0 spiro atoms. The highest BCUT2D eigenvalue weighted by Gasteiger charge is 2.56. The smallest absolute Gasteiger partial charge is 0.165 e. The predicted molar refractivity (Wildman–Crippen MR) is 114 cm³/mol. The number of aromatic nitrogens is 1. The molecule has 0 amide bonds. The number of aldehydes is 1. The monoisotopic (exact) mass is 454 g/mol. The van der Waals surface area contributed by atoms with E-state index in [1.54, 1.807) is 12.1 Å². The molecule has 0 bridgehead atoms. The second-order valence-electron chi connectivity index (χ2n) is 8.52. The molecule has 4 heterocycles. The fourth-order valence-corrected chi connectivity index (χ4v) is 5.28. The number of aliphatic hydroxyl groups is 1. The number of aliphatic hydroxyl groups excluding tert-OH is 1. The fraction of sp³-hybridized carbons (Fsp3) is 0.571. The summed E-state index contributed by atoms with van der Waals surface area (Å²) in [5.74, 6) is -0.0258. The highest BCUT2D eigenvalue weighted by atomic mass is 35.5. The van der Waals surface area contributed by atoms with Crippen molar-refractivity contribution >= 4 is 46.2 Å². The molecule has 0 unspecified atom stereocenters. The van der Waals surface area contributed by atoms with Crippen LogP contribution in [0.3, 0.4) is 0 Å². The van der Waals surface area contributed by atoms with Gasteiger partial charge in [-0.3, -0.25) is 9.36 Å². The second kappa shape index (κ2) is 7.36. The lowest BCUT2D eigenvalue weighted by Crippen LogP contribution is -2.31. The molecular formula is C21H24Cl2N2O5. The summed E-state index contributed by atoms with van der Waals surface area (Å²) >= 11 is 12.6. The van der Waals surface area contributed by atoms with Crippen molar-refractivity contribution in [2.75, 3.05) is 24.6 Å². The van der Waals surface area contributed by atoms with E-state index in [0.29, 0.717) is 21.0 Å². The highest BCUT2D eigenvalue weighted by Crippen LogP contribution is 2.48. The highest BCUT2D eigenvalue weighted by molar-refractivity contribution is 6.43. The van der Waals surface area contributed by atoms with E-state index in [9.17, 15) is 9.90 Å². The number of nitrogens with zero attached hydrogens (tertiary/aromatic N) is 2. The van der Waals surface area contributed by atoms with Crippen molar-refractivity contribution < 1.29 is 24.1 Å². The standard InChI is InChI=1S/C21H24Cl2N2O5/c1-21(2)29-17-16(10-27)28-20(18(17)30-21)25-15-8-14(23)13(22)7-11(15)12(9-26)19(25)24-5-3-4-6-24/h7-9,16-18,20,27H,3-6,10H2,1-2H3/t16-,17-,18-,20-/m1/s1. The number of rotatable bonds is 4. The topological polar surface area (TPSA) is 73.2 Å². The number of hydrogen-bond donors (Lipinski definition) is 1. The molecular weight excluding hydrogens is 431 g/mol. The van der Waals surface area contributed by atoms with Gasteiger partial charge in [0.15, 0.2) is 18.3 Å². The van der Waals surface area contributed by atoms with Gasteiger partial charge in [0.1, 0.15) is 24.1 Å². The van der Waals surface area contributed by atoms with Crippen molar-refractivity contribution in [1.82, 2.24) is 4.57 Å². The van der Waals surface area contributed by atoms with Gasteiger partial charge >= 0.3 is 0 Å². The van der Waals surface area contributed by atoms with Crippen molar-refractivity contribution in [1.29, 1.82) is 0 Å². The molecule has 3 aliphatic rings. The zero-order valence-electron chi connectivity index (χ0n) is 16.8. The lowest BCUT2D eigenvalue weighted by Gasteiger charge is -2.29. The summed E-state index contributed by atoms with van der Waals surface area (Å²) in [4.78, 5) is 14.4. The van der Waals surface area contributed by atoms with Gasteiger partial charge in [-0.05, 0) is 38.8 Å². The first-order chi connectivity index (χ1) is 14.3. The SMILES string of the molecule is CC1(C)O[C@@H]2[C@H](O1)[C@@H](CO)O[C@H]2n1c(N2CCCC2)c(C=O)c2cc(Cl)c(Cl)cc21. The molecule has 0 radical (unpaired) electrons. The van der Waals surface area contributed by atoms with Crippen LogP contribution in [0.1, 0.15) is 43.3 Å². The van der Waals surface area contributed by atoms with Crippen LogP contribution < -0.4 is 4.90 Å². The number of halogens is 2. The zero-order valence-corrected chi connectivity index (χ0v) is 18.3. The first-order valence-corrected chi connectivity index (χ1v) is 10.9. The fourth-order valence-electron chi connectivity index (χ4n) is 4.96. The maximum absolute atomic E-state index is 12.2. The molecule has 7 nitrogen and oxygen atoms in total. The van der Waals surface area contributed by atoms with E-state index in [0.717, 1.165) is 43.6 Å². The van der Waals surface area contributed by atoms with Crippen LogP contribution in [0, 0.1) is 0 Å². The number of hydrogen-bond acceptors (Lipinski definition) is 6. The number of ether oxygens (including phenoxy) is 3. The quantitative estimate of drug-likeness (QED) is 0.708. The Labute approximate surface area is 184 Å². The van der Waals surface area contributed by atoms with Gasteiger partial charge in [0.2, 0.25) is 0 Å². The Morgan fingerprint density at radius 2 is 1.83 bits per heavy atom. The van der Waals surface area contributed by atoms with Crippen LogP contribution in [0.2, 0.25) is 10.0 Å². The summed E-state index contributed by atoms with van der Waals surface area (Å²) in [6.07, 6.45) is 0.980. The van der Waals surface area contributed by atoms with Crippen molar-refractivity contribution in [3.05, 3.63) is 27.7 Å². The Balaban J connectivity index is 1.74. The summed E-state index contributed by atoms with van der Waals surface area (Å²) in [5, 5.41) is 11.4. The van der Waals surface area contributed by atoms with Gasteiger partial charge in [-0.25, -0.2) is 0 Å². The van der Waals surface area contributed by atoms with Gasteiger partial charge in [-0.2, -0.15) is 0 Å². The average molecular weight is 455 g/mol. The summed E-state index contributed by atoms with van der Waals surface area (Å²) in [6, 6.07) is 3.49. The lowest BCUT2D eigenvalue weighted by molar-refractivity contribution is -0.199. The third-order valence-corrected chi connectivity index (χ3v) is 6.86. The molecule has 5 rings (SSSR count). The number of benzene rings is 1. The van der Waals surface area contributed by atoms with Gasteiger partial charge in [-0.1, -0.05) is 23.2 Å². The molecule has 2 aromatic rings. The van der Waals surface area contributed by atoms with Crippen LogP contribution >= 0.6 is 23.2 Å². The van der Waals surface area contributed by atoms with E-state index in [4.69, 9.17) is 37.4 Å². The van der Waals surface area contributed by atoms with Crippen LogP contribution in [0.4, 0.5) is 5.82 Å². The maximum Gasteiger partial charge on any atom is 0.165 e. The number of anilines is 1. The Hall–Kier alpha value is -1.35. The van der Waals surface area contributed by atoms with E-state index in [1.807, 2.05) is 18.4 Å². The molecule has 3 fully saturated rings. The molecule has 162 valence electrons. The zero-order chi connectivity index (χ0) is 21.2. The summed E-state index contributed by atoms with van der Waals surface area (Å²) < 4.78 is 20.4. The van der Waals surface area contributed by atoms with Crippen molar-refractivity contribution in [2.45, 2.75) is 57.0 Å². The van der Waals surface area contributed by atoms with Crippen molar-refractivity contribution in [3.63, 3.8) is 0 Å². The van der Waals surface area contributed by atoms with Crippen LogP contribution in [-0.4, -0.2) is 59.8 Å². The van der Waals surface area contributed by atoms with Crippen LogP contribution in [0.5, 0.6) is 0 Å². The first kappa shape index (κ1) is 20.5. The molecule has 30 heavy (non-hydrogen) atoms. The molecule has 1 aromatic carbocycles. The van der Waals surface area contributed by atoms with Gasteiger partial charge in [-0.15, -0.1) is 0 Å². The summed E-state index contributed by atoms with van der Waals surface area (Å²) in [7, 11) is 0. The first-order valence-electron chi connectivity index (χ1n) is 10.2. The molecule has 9 heteroatoms.